The summed E-state index contributed by atoms with van der Waals surface area (Å²) in [5.74, 6) is -2.33. The molecule has 0 radical (unpaired) electrons. The molecule has 0 spiro atoms. The molecule has 15 nitrogen and oxygen atoms in total. The third-order valence-corrected chi connectivity index (χ3v) is 6.59. The number of carbonyl (C=O) groups is 6. The number of urea groups is 1. The van der Waals surface area contributed by atoms with Gasteiger partial charge < -0.3 is 27.0 Å². The quantitative estimate of drug-likeness (QED) is 0.0558. The molecule has 1 heterocycles. The molecular weight excluding hydrogens is 558 g/mol. The molecule has 0 saturated heterocycles. The van der Waals surface area contributed by atoms with Gasteiger partial charge in [0.15, 0.2) is 0 Å². The van der Waals surface area contributed by atoms with Crippen molar-refractivity contribution in [1.29, 1.82) is 0 Å². The van der Waals surface area contributed by atoms with E-state index < -0.39 is 29.9 Å². The number of nitrogens with zero attached hydrogens (tertiary/aromatic N) is 4. The summed E-state index contributed by atoms with van der Waals surface area (Å²) in [6.45, 7) is 4.18. The lowest BCUT2D eigenvalue weighted by Crippen LogP contribution is -2.54. The van der Waals surface area contributed by atoms with Crippen molar-refractivity contribution < 1.29 is 28.8 Å². The Bertz CT molecular complexity index is 1220. The lowest BCUT2D eigenvalue weighted by molar-refractivity contribution is -0.137. The van der Waals surface area contributed by atoms with Crippen LogP contribution in [0.4, 0.5) is 10.5 Å². The zero-order chi connectivity index (χ0) is 31.8. The van der Waals surface area contributed by atoms with Crippen LogP contribution in [-0.2, 0) is 30.5 Å². The second kappa shape index (κ2) is 17.8. The van der Waals surface area contributed by atoms with Gasteiger partial charge in [0.2, 0.25) is 17.7 Å². The molecule has 232 valence electrons. The number of primary amides is 1. The zero-order valence-corrected chi connectivity index (χ0v) is 24.4. The summed E-state index contributed by atoms with van der Waals surface area (Å²) >= 11 is 0. The molecule has 1 aliphatic rings. The molecule has 2 rings (SSSR count). The molecular formula is C28H39N9O6. The zero-order valence-electron chi connectivity index (χ0n) is 24.4. The van der Waals surface area contributed by atoms with Crippen molar-refractivity contribution in [3.8, 4) is 0 Å². The Hall–Kier alpha value is -4.91. The van der Waals surface area contributed by atoms with Gasteiger partial charge in [-0.3, -0.25) is 28.9 Å². The average molecular weight is 598 g/mol. The van der Waals surface area contributed by atoms with E-state index in [0.717, 1.165) is 10.5 Å². The van der Waals surface area contributed by atoms with Gasteiger partial charge in [-0.05, 0) is 54.8 Å². The highest BCUT2D eigenvalue weighted by Crippen LogP contribution is 2.13. The number of hydrogen-bond donors (Lipinski definition) is 5. The number of anilines is 1. The number of amides is 7. The van der Waals surface area contributed by atoms with Gasteiger partial charge in [0.1, 0.15) is 12.1 Å². The number of nitrogens with two attached hydrogens (primary N) is 1. The summed E-state index contributed by atoms with van der Waals surface area (Å²) in [5.41, 5.74) is 14.8. The second-order valence-corrected chi connectivity index (χ2v) is 10.3. The van der Waals surface area contributed by atoms with E-state index in [4.69, 9.17) is 11.3 Å². The summed E-state index contributed by atoms with van der Waals surface area (Å²) in [4.78, 5) is 77.1. The van der Waals surface area contributed by atoms with Gasteiger partial charge >= 0.3 is 6.03 Å². The molecule has 7 amide bonds. The predicted octanol–water partition coefficient (Wildman–Crippen LogP) is 1.99. The summed E-state index contributed by atoms with van der Waals surface area (Å²) in [6, 6.07) is 4.09. The fourth-order valence-corrected chi connectivity index (χ4v) is 4.25. The van der Waals surface area contributed by atoms with Gasteiger partial charge in [-0.1, -0.05) is 37.5 Å². The standard InChI is InChI=1S/C28H39N9O6/c1-18(2)25(35-22(38)8-4-3-5-16-37-23(39)13-14-24(37)40)27(42)34-21(7-6-15-31-28(29)43)26(41)33-20-11-9-19(10-12-20)17-32-36-30/h9-14,18,21,25H,3-8,15-17H2,1-2H3,(H,33,41)(H,34,42)(H,35,38)(H3,29,31,43)/t21-,25-/m0/s1. The van der Waals surface area contributed by atoms with Crippen LogP contribution in [0.15, 0.2) is 41.5 Å². The Balaban J connectivity index is 1.94. The minimum absolute atomic E-state index is 0.148. The SMILES string of the molecule is CC(C)[C@H](NC(=O)CCCCCN1C(=O)C=CC1=O)C(=O)N[C@@H](CCCNC(N)=O)C(=O)Nc1ccc(CN=[N+]=[N-])cc1. The first-order valence-electron chi connectivity index (χ1n) is 14.1. The monoisotopic (exact) mass is 597 g/mol. The highest BCUT2D eigenvalue weighted by Gasteiger charge is 2.29. The van der Waals surface area contributed by atoms with Crippen molar-refractivity contribution in [3.63, 3.8) is 0 Å². The number of unbranched alkanes of at least 4 members (excludes halogenated alkanes) is 2. The van der Waals surface area contributed by atoms with Crippen LogP contribution in [0, 0.1) is 5.92 Å². The molecule has 1 aromatic carbocycles. The van der Waals surface area contributed by atoms with Crippen molar-refractivity contribution in [2.75, 3.05) is 18.4 Å². The largest absolute Gasteiger partial charge is 0.352 e. The summed E-state index contributed by atoms with van der Waals surface area (Å²) in [7, 11) is 0. The summed E-state index contributed by atoms with van der Waals surface area (Å²) in [6.07, 6.45) is 4.79. The maximum atomic E-state index is 13.2. The van der Waals surface area contributed by atoms with Crippen LogP contribution in [-0.4, -0.2) is 65.6 Å². The Morgan fingerprint density at radius 2 is 1.63 bits per heavy atom. The fraction of sp³-hybridized carbons (Fsp3) is 0.500. The topological polar surface area (TPSA) is 229 Å². The Morgan fingerprint density at radius 1 is 0.953 bits per heavy atom. The van der Waals surface area contributed by atoms with Crippen molar-refractivity contribution in [2.24, 2.45) is 16.8 Å². The van der Waals surface area contributed by atoms with Crippen LogP contribution in [0.3, 0.4) is 0 Å². The third-order valence-electron chi connectivity index (χ3n) is 6.59. The summed E-state index contributed by atoms with van der Waals surface area (Å²) < 4.78 is 0. The van der Waals surface area contributed by atoms with Crippen molar-refractivity contribution >= 4 is 41.3 Å². The van der Waals surface area contributed by atoms with E-state index in [2.05, 4.69) is 31.3 Å². The highest BCUT2D eigenvalue weighted by molar-refractivity contribution is 6.12. The Morgan fingerprint density at radius 3 is 2.23 bits per heavy atom. The number of nitrogens with one attached hydrogen (secondary N) is 4. The van der Waals surface area contributed by atoms with Crippen LogP contribution >= 0.6 is 0 Å². The first kappa shape index (κ1) is 34.3. The smallest absolute Gasteiger partial charge is 0.312 e. The predicted molar refractivity (Wildman–Crippen MR) is 158 cm³/mol. The number of rotatable bonds is 18. The van der Waals surface area contributed by atoms with Crippen LogP contribution in [0.1, 0.15) is 57.9 Å². The molecule has 15 heteroatoms. The van der Waals surface area contributed by atoms with E-state index in [1.807, 2.05) is 0 Å². The Labute approximate surface area is 249 Å². The molecule has 0 aliphatic carbocycles. The van der Waals surface area contributed by atoms with Crippen molar-refractivity contribution in [2.45, 2.75) is 71.0 Å². The van der Waals surface area contributed by atoms with Crippen LogP contribution in [0.5, 0.6) is 0 Å². The van der Waals surface area contributed by atoms with E-state index >= 15 is 0 Å². The Kier molecular flexibility index (Phi) is 14.2. The van der Waals surface area contributed by atoms with Crippen molar-refractivity contribution in [3.05, 3.63) is 52.4 Å². The third kappa shape index (κ3) is 12.2. The summed E-state index contributed by atoms with van der Waals surface area (Å²) in [5, 5.41) is 14.2. The van der Waals surface area contributed by atoms with Crippen molar-refractivity contribution in [1.82, 2.24) is 20.9 Å². The normalized spacial score (nSPS) is 13.7. The van der Waals surface area contributed by atoms with Gasteiger partial charge in [-0.2, -0.15) is 0 Å². The number of hydrogen-bond acceptors (Lipinski definition) is 7. The first-order chi connectivity index (χ1) is 20.5. The average Bonchev–Trinajstić information content (AvgIpc) is 3.28. The van der Waals surface area contributed by atoms with Gasteiger partial charge in [0, 0.05) is 42.3 Å². The highest BCUT2D eigenvalue weighted by atomic mass is 16.2. The minimum Gasteiger partial charge on any atom is -0.352 e. The maximum Gasteiger partial charge on any atom is 0.312 e. The molecule has 1 aromatic rings. The molecule has 43 heavy (non-hydrogen) atoms. The van der Waals surface area contributed by atoms with E-state index in [1.165, 1.54) is 12.2 Å². The van der Waals surface area contributed by atoms with E-state index in [9.17, 15) is 28.8 Å². The molecule has 0 bridgehead atoms. The number of imide groups is 1. The van der Waals surface area contributed by atoms with E-state index in [0.29, 0.717) is 31.4 Å². The number of carbonyl (C=O) groups excluding carboxylic acids is 6. The van der Waals surface area contributed by atoms with Gasteiger partial charge in [-0.25, -0.2) is 4.79 Å². The first-order valence-corrected chi connectivity index (χ1v) is 14.1. The lowest BCUT2D eigenvalue weighted by atomic mass is 10.0. The van der Waals surface area contributed by atoms with Crippen LogP contribution < -0.4 is 27.0 Å². The molecule has 2 atom stereocenters. The fourth-order valence-electron chi connectivity index (χ4n) is 4.25. The lowest BCUT2D eigenvalue weighted by Gasteiger charge is -2.25. The minimum atomic E-state index is -0.978. The second-order valence-electron chi connectivity index (χ2n) is 10.3. The van der Waals surface area contributed by atoms with Gasteiger partial charge in [0.05, 0.1) is 6.54 Å². The van der Waals surface area contributed by atoms with Gasteiger partial charge in [-0.15, -0.1) is 0 Å². The van der Waals surface area contributed by atoms with Crippen LogP contribution in [0.25, 0.3) is 10.4 Å². The maximum absolute atomic E-state index is 13.2. The number of azide groups is 1. The molecule has 0 aromatic heterocycles. The molecule has 0 unspecified atom stereocenters. The molecule has 6 N–H and O–H groups in total. The van der Waals surface area contributed by atoms with E-state index in [1.54, 1.807) is 38.1 Å². The van der Waals surface area contributed by atoms with Crippen LogP contribution in [0.2, 0.25) is 0 Å². The van der Waals surface area contributed by atoms with E-state index in [-0.39, 0.29) is 56.1 Å². The molecule has 0 saturated carbocycles. The molecule has 0 fully saturated rings. The number of benzene rings is 1. The molecule has 1 aliphatic heterocycles. The van der Waals surface area contributed by atoms with Gasteiger partial charge in [0.25, 0.3) is 11.8 Å².